The minimum atomic E-state index is -3.66. The van der Waals surface area contributed by atoms with Gasteiger partial charge in [0.15, 0.2) is 0 Å². The SMILES string of the molecule is COc1ccc(S(=O)(=O)N2CCCN(C(=O)c3ccc(F)cc3)CC2)cc1C. The number of carbonyl (C=O) groups is 1. The Morgan fingerprint density at radius 1 is 1.04 bits per heavy atom. The Morgan fingerprint density at radius 3 is 2.39 bits per heavy atom. The van der Waals surface area contributed by atoms with Crippen LogP contribution in [0.4, 0.5) is 4.39 Å². The van der Waals surface area contributed by atoms with Crippen molar-refractivity contribution in [3.8, 4) is 5.75 Å². The lowest BCUT2D eigenvalue weighted by Crippen LogP contribution is -2.37. The van der Waals surface area contributed by atoms with Crippen LogP contribution in [0, 0.1) is 12.7 Å². The summed E-state index contributed by atoms with van der Waals surface area (Å²) in [5, 5.41) is 0. The van der Waals surface area contributed by atoms with Crippen molar-refractivity contribution in [1.82, 2.24) is 9.21 Å². The van der Waals surface area contributed by atoms with Crippen LogP contribution in [0.2, 0.25) is 0 Å². The van der Waals surface area contributed by atoms with Crippen molar-refractivity contribution in [2.45, 2.75) is 18.2 Å². The predicted molar refractivity (Wildman–Crippen MR) is 103 cm³/mol. The van der Waals surface area contributed by atoms with Gasteiger partial charge in [-0.2, -0.15) is 4.31 Å². The normalized spacial score (nSPS) is 15.9. The van der Waals surface area contributed by atoms with Crippen molar-refractivity contribution >= 4 is 15.9 Å². The summed E-state index contributed by atoms with van der Waals surface area (Å²) in [5.74, 6) is 0.00453. The lowest BCUT2D eigenvalue weighted by Gasteiger charge is -2.22. The van der Waals surface area contributed by atoms with Gasteiger partial charge in [-0.15, -0.1) is 0 Å². The number of rotatable bonds is 4. The predicted octanol–water partition coefficient (Wildman–Crippen LogP) is 2.68. The first kappa shape index (κ1) is 20.3. The van der Waals surface area contributed by atoms with E-state index in [2.05, 4.69) is 0 Å². The van der Waals surface area contributed by atoms with E-state index in [1.54, 1.807) is 24.0 Å². The Kier molecular flexibility index (Phi) is 6.00. The number of benzene rings is 2. The summed E-state index contributed by atoms with van der Waals surface area (Å²) in [4.78, 5) is 14.5. The minimum Gasteiger partial charge on any atom is -0.496 e. The molecule has 0 spiro atoms. The number of sulfonamides is 1. The van der Waals surface area contributed by atoms with E-state index in [4.69, 9.17) is 4.74 Å². The molecule has 1 fully saturated rings. The van der Waals surface area contributed by atoms with Gasteiger partial charge in [-0.05, 0) is 61.4 Å². The summed E-state index contributed by atoms with van der Waals surface area (Å²) in [7, 11) is -2.12. The third-order valence-electron chi connectivity index (χ3n) is 4.84. The van der Waals surface area contributed by atoms with E-state index in [9.17, 15) is 17.6 Å². The van der Waals surface area contributed by atoms with Crippen molar-refractivity contribution in [1.29, 1.82) is 0 Å². The number of hydrogen-bond donors (Lipinski definition) is 0. The maximum absolute atomic E-state index is 13.1. The van der Waals surface area contributed by atoms with Gasteiger partial charge < -0.3 is 9.64 Å². The van der Waals surface area contributed by atoms with Crippen LogP contribution in [0.25, 0.3) is 0 Å². The van der Waals surface area contributed by atoms with Gasteiger partial charge in [0.1, 0.15) is 11.6 Å². The number of ether oxygens (including phenoxy) is 1. The molecule has 0 aliphatic carbocycles. The molecule has 150 valence electrons. The third-order valence-corrected chi connectivity index (χ3v) is 6.73. The maximum Gasteiger partial charge on any atom is 0.253 e. The highest BCUT2D eigenvalue weighted by atomic mass is 32.2. The number of halogens is 1. The Balaban J connectivity index is 1.74. The Morgan fingerprint density at radius 2 is 1.75 bits per heavy atom. The van der Waals surface area contributed by atoms with E-state index in [-0.39, 0.29) is 23.9 Å². The maximum atomic E-state index is 13.1. The van der Waals surface area contributed by atoms with Gasteiger partial charge in [-0.3, -0.25) is 4.79 Å². The quantitative estimate of drug-likeness (QED) is 0.783. The summed E-state index contributed by atoms with van der Waals surface area (Å²) in [6.45, 7) is 3.07. The van der Waals surface area contributed by atoms with Gasteiger partial charge >= 0.3 is 0 Å². The molecule has 2 aromatic rings. The topological polar surface area (TPSA) is 66.9 Å². The fraction of sp³-hybridized carbons (Fsp3) is 0.350. The molecule has 1 amide bonds. The molecule has 1 aliphatic rings. The number of amides is 1. The van der Waals surface area contributed by atoms with Gasteiger partial charge in [0.2, 0.25) is 10.0 Å². The second-order valence-corrected chi connectivity index (χ2v) is 8.63. The first-order valence-corrected chi connectivity index (χ1v) is 10.5. The Hall–Kier alpha value is -2.45. The highest BCUT2D eigenvalue weighted by Crippen LogP contribution is 2.24. The second-order valence-electron chi connectivity index (χ2n) is 6.69. The van der Waals surface area contributed by atoms with E-state index < -0.39 is 15.8 Å². The van der Waals surface area contributed by atoms with E-state index in [0.717, 1.165) is 5.56 Å². The minimum absolute atomic E-state index is 0.209. The summed E-state index contributed by atoms with van der Waals surface area (Å²) in [5.41, 5.74) is 1.13. The molecular weight excluding hydrogens is 383 g/mol. The standard InChI is InChI=1S/C20H23FN2O4S/c1-15-14-18(8-9-19(15)27-2)28(25,26)23-11-3-10-22(12-13-23)20(24)16-4-6-17(21)7-5-16/h4-9,14H,3,10-13H2,1-2H3. The summed E-state index contributed by atoms with van der Waals surface area (Å²) in [6.07, 6.45) is 0.529. The van der Waals surface area contributed by atoms with Gasteiger partial charge in [-0.1, -0.05) is 0 Å². The van der Waals surface area contributed by atoms with Crippen LogP contribution < -0.4 is 4.74 Å². The lowest BCUT2D eigenvalue weighted by atomic mass is 10.2. The van der Waals surface area contributed by atoms with E-state index in [1.807, 2.05) is 0 Å². The van der Waals surface area contributed by atoms with E-state index in [0.29, 0.717) is 30.8 Å². The average Bonchev–Trinajstić information content (AvgIpc) is 2.94. The fourth-order valence-electron chi connectivity index (χ4n) is 3.27. The molecule has 1 aliphatic heterocycles. The zero-order valence-corrected chi connectivity index (χ0v) is 16.7. The van der Waals surface area contributed by atoms with Crippen LogP contribution in [0.1, 0.15) is 22.3 Å². The summed E-state index contributed by atoms with van der Waals surface area (Å²) in [6, 6.07) is 10.1. The molecule has 0 atom stereocenters. The van der Waals surface area contributed by atoms with Gasteiger partial charge in [-0.25, -0.2) is 12.8 Å². The molecule has 8 heteroatoms. The zero-order valence-electron chi connectivity index (χ0n) is 15.9. The molecule has 28 heavy (non-hydrogen) atoms. The average molecular weight is 406 g/mol. The highest BCUT2D eigenvalue weighted by Gasteiger charge is 2.29. The first-order valence-electron chi connectivity index (χ1n) is 9.02. The Labute approximate surface area is 164 Å². The molecule has 0 unspecified atom stereocenters. The van der Waals surface area contributed by atoms with Gasteiger partial charge in [0.25, 0.3) is 5.91 Å². The molecule has 0 N–H and O–H groups in total. The molecule has 0 bridgehead atoms. The lowest BCUT2D eigenvalue weighted by molar-refractivity contribution is 0.0764. The molecule has 1 heterocycles. The number of carbonyl (C=O) groups excluding carboxylic acids is 1. The number of aryl methyl sites for hydroxylation is 1. The van der Waals surface area contributed by atoms with Crippen molar-refractivity contribution in [3.05, 3.63) is 59.4 Å². The van der Waals surface area contributed by atoms with Crippen molar-refractivity contribution in [3.63, 3.8) is 0 Å². The molecule has 0 saturated carbocycles. The molecule has 1 saturated heterocycles. The van der Waals surface area contributed by atoms with Crippen LogP contribution in [-0.4, -0.2) is 56.8 Å². The molecule has 0 aromatic heterocycles. The van der Waals surface area contributed by atoms with Crippen LogP contribution >= 0.6 is 0 Å². The van der Waals surface area contributed by atoms with Crippen molar-refractivity contribution < 1.29 is 22.3 Å². The van der Waals surface area contributed by atoms with Crippen molar-refractivity contribution in [2.75, 3.05) is 33.3 Å². The van der Waals surface area contributed by atoms with Crippen LogP contribution in [-0.2, 0) is 10.0 Å². The molecular formula is C20H23FN2O4S. The number of nitrogens with zero attached hydrogens (tertiary/aromatic N) is 2. The second kappa shape index (κ2) is 8.28. The highest BCUT2D eigenvalue weighted by molar-refractivity contribution is 7.89. The molecule has 0 radical (unpaired) electrons. The van der Waals surface area contributed by atoms with Gasteiger partial charge in [0.05, 0.1) is 12.0 Å². The number of methoxy groups -OCH3 is 1. The molecule has 2 aromatic carbocycles. The molecule has 3 rings (SSSR count). The third kappa shape index (κ3) is 4.18. The van der Waals surface area contributed by atoms with Crippen LogP contribution in [0.5, 0.6) is 5.75 Å². The zero-order chi connectivity index (χ0) is 20.3. The first-order chi connectivity index (χ1) is 13.3. The monoisotopic (exact) mass is 406 g/mol. The summed E-state index contributed by atoms with van der Waals surface area (Å²) >= 11 is 0. The van der Waals surface area contributed by atoms with Crippen molar-refractivity contribution in [2.24, 2.45) is 0 Å². The fourth-order valence-corrected chi connectivity index (χ4v) is 4.83. The Bertz CT molecular complexity index is 961. The van der Waals surface area contributed by atoms with E-state index >= 15 is 0 Å². The van der Waals surface area contributed by atoms with Crippen LogP contribution in [0.3, 0.4) is 0 Å². The largest absolute Gasteiger partial charge is 0.496 e. The van der Waals surface area contributed by atoms with E-state index in [1.165, 1.54) is 41.7 Å². The smallest absolute Gasteiger partial charge is 0.253 e. The van der Waals surface area contributed by atoms with Gasteiger partial charge in [0, 0.05) is 31.7 Å². The number of hydrogen-bond acceptors (Lipinski definition) is 4. The molecule has 6 nitrogen and oxygen atoms in total. The summed E-state index contributed by atoms with van der Waals surface area (Å²) < 4.78 is 45.7. The van der Waals surface area contributed by atoms with Crippen LogP contribution in [0.15, 0.2) is 47.4 Å².